The van der Waals surface area contributed by atoms with Crippen LogP contribution in [-0.4, -0.2) is 18.5 Å². The van der Waals surface area contributed by atoms with Crippen molar-refractivity contribution in [2.45, 2.75) is 5.51 Å². The molecule has 0 fully saturated rings. The van der Waals surface area contributed by atoms with Gasteiger partial charge in [0.1, 0.15) is 15.9 Å². The van der Waals surface area contributed by atoms with Gasteiger partial charge in [0.05, 0.1) is 5.66 Å². The topological polar surface area (TPSA) is 57.2 Å². The summed E-state index contributed by atoms with van der Waals surface area (Å²) in [4.78, 5) is 0. The highest BCUT2D eigenvalue weighted by Crippen LogP contribution is 2.54. The molecule has 3 nitrogen and oxygen atoms in total. The zero-order valence-corrected chi connectivity index (χ0v) is 20.0. The molecule has 0 saturated carbocycles. The van der Waals surface area contributed by atoms with Crippen LogP contribution < -0.4 is 15.9 Å². The van der Waals surface area contributed by atoms with Crippen molar-refractivity contribution < 1.29 is 26.1 Å². The SMILES string of the molecule is C(#C[P+](c1ccccc1)(c1ccccc1)c1ccccc1)c1ccccc1.O=S(=O)([O-])C(F)(F)F. The number of alkyl halides is 3. The summed E-state index contributed by atoms with van der Waals surface area (Å²) in [5.74, 6) is 3.48. The molecule has 0 aliphatic rings. The average Bonchev–Trinajstić information content (AvgIpc) is 2.86. The molecule has 0 amide bonds. The summed E-state index contributed by atoms with van der Waals surface area (Å²) in [7, 11) is -8.17. The molecular formula is C27H20F3O3PS. The van der Waals surface area contributed by atoms with Gasteiger partial charge >= 0.3 is 5.51 Å². The third-order valence-corrected chi connectivity index (χ3v) is 9.09. The molecule has 4 rings (SSSR count). The molecular weight excluding hydrogens is 492 g/mol. The largest absolute Gasteiger partial charge is 0.741 e. The summed E-state index contributed by atoms with van der Waals surface area (Å²) >= 11 is 0. The molecule has 0 N–H and O–H groups in total. The average molecular weight is 512 g/mol. The molecule has 4 aromatic rings. The van der Waals surface area contributed by atoms with Crippen LogP contribution in [0.2, 0.25) is 0 Å². The van der Waals surface area contributed by atoms with Crippen molar-refractivity contribution in [3.8, 4) is 11.6 Å². The zero-order chi connectivity index (χ0) is 25.4. The van der Waals surface area contributed by atoms with E-state index in [1.807, 2.05) is 18.2 Å². The van der Waals surface area contributed by atoms with E-state index in [2.05, 4.69) is 115 Å². The van der Waals surface area contributed by atoms with Gasteiger partial charge in [0.15, 0.2) is 17.4 Å². The van der Waals surface area contributed by atoms with Crippen LogP contribution in [0.4, 0.5) is 13.2 Å². The molecule has 0 bridgehead atoms. The Bertz CT molecular complexity index is 1290. The second-order valence-corrected chi connectivity index (χ2v) is 11.7. The summed E-state index contributed by atoms with van der Waals surface area (Å²) in [6.07, 6.45) is 0. The molecule has 0 unspecified atom stereocenters. The van der Waals surface area contributed by atoms with Crippen LogP contribution in [0.3, 0.4) is 0 Å². The van der Waals surface area contributed by atoms with Crippen LogP contribution in [0.1, 0.15) is 5.56 Å². The Kier molecular flexibility index (Phi) is 8.48. The first-order chi connectivity index (χ1) is 16.6. The number of rotatable bonds is 3. The van der Waals surface area contributed by atoms with E-state index >= 15 is 0 Å². The highest BCUT2D eigenvalue weighted by Gasteiger charge is 2.44. The fraction of sp³-hybridized carbons (Fsp3) is 0.0370. The minimum atomic E-state index is -6.09. The predicted octanol–water partition coefficient (Wildman–Crippen LogP) is 5.04. The summed E-state index contributed by atoms with van der Waals surface area (Å²) < 4.78 is 58.9. The van der Waals surface area contributed by atoms with Crippen molar-refractivity contribution in [3.63, 3.8) is 0 Å². The highest BCUT2D eigenvalue weighted by molar-refractivity contribution is 7.99. The van der Waals surface area contributed by atoms with Crippen molar-refractivity contribution in [3.05, 3.63) is 127 Å². The first-order valence-corrected chi connectivity index (χ1v) is 13.5. The Labute approximate surface area is 203 Å². The Morgan fingerprint density at radius 1 is 0.600 bits per heavy atom. The summed E-state index contributed by atoms with van der Waals surface area (Å²) in [6, 6.07) is 42.4. The van der Waals surface area contributed by atoms with Crippen LogP contribution in [0.15, 0.2) is 121 Å². The lowest BCUT2D eigenvalue weighted by Crippen LogP contribution is -2.29. The van der Waals surface area contributed by atoms with E-state index < -0.39 is 22.9 Å². The Hall–Kier alpha value is -3.43. The molecule has 0 atom stereocenters. The van der Waals surface area contributed by atoms with Crippen LogP contribution in [0.5, 0.6) is 0 Å². The Morgan fingerprint density at radius 3 is 1.17 bits per heavy atom. The van der Waals surface area contributed by atoms with Crippen molar-refractivity contribution in [2.24, 2.45) is 0 Å². The van der Waals surface area contributed by atoms with E-state index in [1.54, 1.807) is 0 Å². The van der Waals surface area contributed by atoms with Gasteiger partial charge in [-0.25, -0.2) is 8.42 Å². The third kappa shape index (κ3) is 6.58. The van der Waals surface area contributed by atoms with Crippen LogP contribution in [-0.2, 0) is 10.1 Å². The molecule has 0 spiro atoms. The predicted molar refractivity (Wildman–Crippen MR) is 134 cm³/mol. The molecule has 0 aliphatic heterocycles. The normalized spacial score (nSPS) is 11.4. The van der Waals surface area contributed by atoms with Gasteiger partial charge in [-0.2, -0.15) is 13.2 Å². The summed E-state index contributed by atoms with van der Waals surface area (Å²) in [5, 5.41) is 3.85. The molecule has 0 aromatic heterocycles. The minimum Gasteiger partial charge on any atom is -0.741 e. The van der Waals surface area contributed by atoms with E-state index in [4.69, 9.17) is 13.0 Å². The molecule has 35 heavy (non-hydrogen) atoms. The van der Waals surface area contributed by atoms with E-state index in [-0.39, 0.29) is 0 Å². The smallest absolute Gasteiger partial charge is 0.485 e. The fourth-order valence-corrected chi connectivity index (χ4v) is 6.70. The summed E-state index contributed by atoms with van der Waals surface area (Å²) in [6.45, 7) is 0. The van der Waals surface area contributed by atoms with Gasteiger partial charge in [0, 0.05) is 5.56 Å². The molecule has 0 radical (unpaired) electrons. The molecule has 0 heterocycles. The van der Waals surface area contributed by atoms with Gasteiger partial charge in [-0.15, -0.1) is 0 Å². The third-order valence-electron chi connectivity index (χ3n) is 4.86. The summed E-state index contributed by atoms with van der Waals surface area (Å²) in [5.41, 5.74) is -0.840. The number of hydrogen-bond donors (Lipinski definition) is 0. The Balaban J connectivity index is 0.000000371. The molecule has 178 valence electrons. The standard InChI is InChI=1S/C26H20P.CHF3O3S/c1-5-13-23(14-6-1)21-22-27(24-15-7-2-8-16-24,25-17-9-3-10-18-25)26-19-11-4-12-20-26;2-1(3,4)8(5,6)7/h1-20H;(H,5,6,7)/q+1;/p-1. The highest BCUT2D eigenvalue weighted by atomic mass is 32.2. The maximum Gasteiger partial charge on any atom is 0.485 e. The van der Waals surface area contributed by atoms with Crippen molar-refractivity contribution in [1.29, 1.82) is 0 Å². The van der Waals surface area contributed by atoms with Gasteiger partial charge < -0.3 is 4.55 Å². The van der Waals surface area contributed by atoms with E-state index in [0.717, 1.165) is 5.56 Å². The van der Waals surface area contributed by atoms with E-state index in [1.165, 1.54) is 15.9 Å². The Morgan fingerprint density at radius 2 is 0.886 bits per heavy atom. The first kappa shape index (κ1) is 26.2. The van der Waals surface area contributed by atoms with Crippen LogP contribution in [0.25, 0.3) is 0 Å². The van der Waals surface area contributed by atoms with Crippen LogP contribution in [0, 0.1) is 11.6 Å². The van der Waals surface area contributed by atoms with Crippen LogP contribution >= 0.6 is 7.26 Å². The first-order valence-electron chi connectivity index (χ1n) is 10.3. The lowest BCUT2D eigenvalue weighted by Gasteiger charge is -2.21. The lowest BCUT2D eigenvalue weighted by atomic mass is 10.2. The number of benzene rings is 4. The molecule has 8 heteroatoms. The van der Waals surface area contributed by atoms with Crippen molar-refractivity contribution in [1.82, 2.24) is 0 Å². The minimum absolute atomic E-state index is 1.05. The van der Waals surface area contributed by atoms with Gasteiger partial charge in [0.2, 0.25) is 0 Å². The monoisotopic (exact) mass is 512 g/mol. The van der Waals surface area contributed by atoms with Gasteiger partial charge in [-0.05, 0) is 54.5 Å². The quantitative estimate of drug-likeness (QED) is 0.167. The van der Waals surface area contributed by atoms with Gasteiger partial charge in [0.25, 0.3) is 0 Å². The fourth-order valence-electron chi connectivity index (χ4n) is 3.27. The number of hydrogen-bond acceptors (Lipinski definition) is 3. The lowest BCUT2D eigenvalue weighted by molar-refractivity contribution is -0.0517. The van der Waals surface area contributed by atoms with E-state index in [9.17, 15) is 13.2 Å². The van der Waals surface area contributed by atoms with Crippen molar-refractivity contribution in [2.75, 3.05) is 0 Å². The molecule has 4 aromatic carbocycles. The van der Waals surface area contributed by atoms with Gasteiger partial charge in [-0.3, -0.25) is 0 Å². The number of halogens is 3. The van der Waals surface area contributed by atoms with Crippen molar-refractivity contribution >= 4 is 33.3 Å². The van der Waals surface area contributed by atoms with Gasteiger partial charge in [-0.1, -0.05) is 72.8 Å². The zero-order valence-electron chi connectivity index (χ0n) is 18.3. The molecule has 0 aliphatic carbocycles. The second-order valence-electron chi connectivity index (χ2n) is 7.18. The molecule has 0 saturated heterocycles. The maximum absolute atomic E-state index is 10.7. The van der Waals surface area contributed by atoms with E-state index in [0.29, 0.717) is 0 Å². The maximum atomic E-state index is 10.7. The second kappa shape index (κ2) is 11.3.